The first-order chi connectivity index (χ1) is 26.3. The lowest BCUT2D eigenvalue weighted by Crippen LogP contribution is -2.78. The summed E-state index contributed by atoms with van der Waals surface area (Å²) in [5, 5.41) is 27.0. The number of carbonyl (C=O) groups excluding carboxylic acids is 5. The van der Waals surface area contributed by atoms with Gasteiger partial charge in [0, 0.05) is 38.2 Å². The van der Waals surface area contributed by atoms with Crippen molar-refractivity contribution in [2.75, 3.05) is 31.1 Å². The third-order valence-electron chi connectivity index (χ3n) is 9.00. The Morgan fingerprint density at radius 1 is 1.09 bits per heavy atom. The monoisotopic (exact) mass is 809 g/mol. The number of aliphatic carboxylic acids is 1. The Labute approximate surface area is 327 Å². The fourth-order valence-corrected chi connectivity index (χ4v) is 9.03. The van der Waals surface area contributed by atoms with Crippen LogP contribution >= 0.6 is 35.7 Å². The molecular weight excluding hydrogens is 775 g/mol. The zero-order valence-electron chi connectivity index (χ0n) is 29.7. The molecule has 4 heterocycles. The Morgan fingerprint density at radius 3 is 2.47 bits per heavy atom. The van der Waals surface area contributed by atoms with Crippen molar-refractivity contribution in [2.45, 2.75) is 42.6 Å². The summed E-state index contributed by atoms with van der Waals surface area (Å²) in [4.78, 5) is 81.8. The third kappa shape index (κ3) is 8.13. The zero-order valence-corrected chi connectivity index (χ0v) is 32.1. The molecule has 3 atom stereocenters. The number of rotatable bonds is 12. The van der Waals surface area contributed by atoms with Crippen LogP contribution in [-0.4, -0.2) is 123 Å². The highest BCUT2D eigenvalue weighted by molar-refractivity contribution is 8.01. The van der Waals surface area contributed by atoms with Crippen LogP contribution in [0.5, 0.6) is 5.75 Å². The standard InChI is InChI=1S/C34H35N9O9S3/c1-4-41-14-15-42(27(46)26(41)45)31(49)35-23(20-10-12-22(13-11-20)52-33(50)51-16-19-8-6-5-7-9-19)25(44)36-34(2)29(53)43-24(28(47)48)21(17-54-30(34)43)18-55-32-37-38-39-40(32)3/h5-13,23,30H,4,14-18H2,1-3H3,(H,35,49)(H,36,44)(H,47,48)/t23?,30-,34+/m0/s1. The van der Waals surface area contributed by atoms with E-state index in [1.54, 1.807) is 45.2 Å². The number of aryl methyl sites for hydroxylation is 1. The molecule has 0 saturated carbocycles. The van der Waals surface area contributed by atoms with Gasteiger partial charge in [-0.15, -0.1) is 16.9 Å². The smallest absolute Gasteiger partial charge is 0.477 e. The van der Waals surface area contributed by atoms with Crippen molar-refractivity contribution in [1.82, 2.24) is 45.5 Å². The van der Waals surface area contributed by atoms with E-state index in [1.165, 1.54) is 62.3 Å². The van der Waals surface area contributed by atoms with Crippen molar-refractivity contribution < 1.29 is 43.3 Å². The van der Waals surface area contributed by atoms with Crippen LogP contribution in [0.2, 0.25) is 0 Å². The SMILES string of the molecule is CCN1CCN(C(=O)NC(C(=O)N[C@]2(C)C(=S)N3C(C(=O)O)=C(CSc4nnnn4C)CS[C@H]32)c2ccc(OC(=O)OCc3ccccc3)cc2)C(=O)C1=O. The van der Waals surface area contributed by atoms with Crippen LogP contribution in [0, 0.1) is 0 Å². The predicted octanol–water partition coefficient (Wildman–Crippen LogP) is 2.09. The number of hydrogen-bond donors (Lipinski definition) is 3. The number of amides is 5. The molecule has 3 aliphatic rings. The van der Waals surface area contributed by atoms with Crippen LogP contribution in [0.1, 0.15) is 31.0 Å². The first-order valence-corrected chi connectivity index (χ1v) is 19.2. The average Bonchev–Trinajstić information content (AvgIpc) is 3.60. The second-order valence-corrected chi connectivity index (χ2v) is 15.0. The number of ether oxygens (including phenoxy) is 2. The summed E-state index contributed by atoms with van der Waals surface area (Å²) >= 11 is 8.39. The van der Waals surface area contributed by atoms with Gasteiger partial charge < -0.3 is 35.0 Å². The van der Waals surface area contributed by atoms with Crippen LogP contribution in [-0.2, 0) is 37.6 Å². The van der Waals surface area contributed by atoms with Crippen LogP contribution in [0.15, 0.2) is 71.0 Å². The molecule has 3 aliphatic heterocycles. The van der Waals surface area contributed by atoms with Crippen LogP contribution in [0.3, 0.4) is 0 Å². The largest absolute Gasteiger partial charge is 0.514 e. The van der Waals surface area contributed by atoms with E-state index in [4.69, 9.17) is 21.7 Å². The van der Waals surface area contributed by atoms with E-state index in [0.29, 0.717) is 16.5 Å². The van der Waals surface area contributed by atoms with Crippen LogP contribution in [0.25, 0.3) is 0 Å². The molecular formula is C34H35N9O9S3. The van der Waals surface area contributed by atoms with Gasteiger partial charge in [0.15, 0.2) is 0 Å². The van der Waals surface area contributed by atoms with Crippen molar-refractivity contribution >= 4 is 76.6 Å². The molecule has 18 nitrogen and oxygen atoms in total. The van der Waals surface area contributed by atoms with Crippen molar-refractivity contribution in [2.24, 2.45) is 7.05 Å². The highest BCUT2D eigenvalue weighted by Crippen LogP contribution is 2.47. The molecule has 0 aliphatic carbocycles. The molecule has 1 unspecified atom stereocenters. The summed E-state index contributed by atoms with van der Waals surface area (Å²) in [6.45, 7) is 3.67. The lowest BCUT2D eigenvalue weighted by molar-refractivity contribution is -0.153. The molecule has 21 heteroatoms. The van der Waals surface area contributed by atoms with Crippen LogP contribution < -0.4 is 15.4 Å². The summed E-state index contributed by atoms with van der Waals surface area (Å²) in [5.74, 6) is -3.14. The highest BCUT2D eigenvalue weighted by Gasteiger charge is 2.60. The number of likely N-dealkylation sites (N-methyl/N-ethyl adjacent to an activating group) is 1. The summed E-state index contributed by atoms with van der Waals surface area (Å²) in [5.41, 5.74) is 0.344. The summed E-state index contributed by atoms with van der Waals surface area (Å²) in [6.07, 6.45) is -0.961. The molecule has 2 saturated heterocycles. The normalized spacial score (nSPS) is 20.0. The maximum Gasteiger partial charge on any atom is 0.514 e. The van der Waals surface area contributed by atoms with Gasteiger partial charge >= 0.3 is 30.0 Å². The third-order valence-corrected chi connectivity index (χ3v) is 12.2. The number of carboxylic acids is 1. The Bertz CT molecular complexity index is 2060. The lowest BCUT2D eigenvalue weighted by atomic mass is 9.88. The Balaban J connectivity index is 1.20. The number of tetrazole rings is 1. The van der Waals surface area contributed by atoms with Crippen molar-refractivity contribution in [3.63, 3.8) is 0 Å². The molecule has 5 amide bonds. The quantitative estimate of drug-likeness (QED) is 0.0785. The molecule has 1 aromatic heterocycles. The Hall–Kier alpha value is -5.54. The molecule has 2 aromatic carbocycles. The topological polar surface area (TPSA) is 218 Å². The lowest BCUT2D eigenvalue weighted by Gasteiger charge is -2.58. The number of carbonyl (C=O) groups is 6. The number of imide groups is 1. The minimum absolute atomic E-state index is 0.000222. The molecule has 55 heavy (non-hydrogen) atoms. The van der Waals surface area contributed by atoms with Crippen LogP contribution in [0.4, 0.5) is 9.59 Å². The van der Waals surface area contributed by atoms with Gasteiger partial charge in [0.1, 0.15) is 40.0 Å². The minimum atomic E-state index is -1.44. The summed E-state index contributed by atoms with van der Waals surface area (Å²) in [6, 6.07) is 12.3. The predicted molar refractivity (Wildman–Crippen MR) is 200 cm³/mol. The molecule has 2 fully saturated rings. The molecule has 0 bridgehead atoms. The minimum Gasteiger partial charge on any atom is -0.477 e. The van der Waals surface area contributed by atoms with Crippen molar-refractivity contribution in [1.29, 1.82) is 0 Å². The van der Waals surface area contributed by atoms with E-state index in [1.807, 2.05) is 6.07 Å². The van der Waals surface area contributed by atoms with Gasteiger partial charge in [-0.1, -0.05) is 66.4 Å². The maximum atomic E-state index is 14.2. The van der Waals surface area contributed by atoms with Gasteiger partial charge in [0.05, 0.1) is 0 Å². The van der Waals surface area contributed by atoms with Gasteiger partial charge in [-0.05, 0) is 53.1 Å². The average molecular weight is 810 g/mol. The first-order valence-electron chi connectivity index (χ1n) is 16.8. The number of carboxylic acid groups (broad SMARTS) is 1. The van der Waals surface area contributed by atoms with E-state index < -0.39 is 52.8 Å². The number of benzene rings is 2. The number of nitrogens with zero attached hydrogens (tertiary/aromatic N) is 7. The van der Waals surface area contributed by atoms with Gasteiger partial charge in [-0.2, -0.15) is 0 Å². The second kappa shape index (κ2) is 16.4. The van der Waals surface area contributed by atoms with Gasteiger partial charge in [0.25, 0.3) is 0 Å². The number of thioether (sulfide) groups is 2. The molecule has 0 spiro atoms. The van der Waals surface area contributed by atoms with E-state index >= 15 is 0 Å². The van der Waals surface area contributed by atoms with E-state index in [9.17, 15) is 33.9 Å². The fraction of sp³-hybridized carbons (Fsp3) is 0.353. The summed E-state index contributed by atoms with van der Waals surface area (Å²) < 4.78 is 11.9. The number of aromatic nitrogens is 4. The number of hydrogen-bond acceptors (Lipinski definition) is 14. The van der Waals surface area contributed by atoms with Gasteiger partial charge in [-0.3, -0.25) is 19.3 Å². The second-order valence-electron chi connectivity index (χ2n) is 12.6. The van der Waals surface area contributed by atoms with E-state index in [2.05, 4.69) is 26.2 Å². The first kappa shape index (κ1) is 39.2. The van der Waals surface area contributed by atoms with Crippen molar-refractivity contribution in [3.05, 3.63) is 77.0 Å². The molecule has 288 valence electrons. The molecule has 3 N–H and O–H groups in total. The molecule has 0 radical (unpaired) electrons. The number of urea groups is 1. The summed E-state index contributed by atoms with van der Waals surface area (Å²) in [7, 11) is 1.67. The molecule has 6 rings (SSSR count). The van der Waals surface area contributed by atoms with E-state index in [0.717, 1.165) is 10.5 Å². The number of piperazine rings is 1. The Kier molecular flexibility index (Phi) is 11.7. The highest BCUT2D eigenvalue weighted by atomic mass is 32.2. The fourth-order valence-electron chi connectivity index (χ4n) is 6.08. The maximum absolute atomic E-state index is 14.2. The zero-order chi connectivity index (χ0) is 39.4. The van der Waals surface area contributed by atoms with Crippen molar-refractivity contribution in [3.8, 4) is 5.75 Å². The van der Waals surface area contributed by atoms with Gasteiger partial charge in [0.2, 0.25) is 11.1 Å². The van der Waals surface area contributed by atoms with Gasteiger partial charge in [-0.25, -0.2) is 19.1 Å². The number of nitrogens with one attached hydrogen (secondary N) is 2. The molecule has 3 aromatic rings. The number of fused-ring (bicyclic) bond motifs is 1. The Morgan fingerprint density at radius 2 is 1.82 bits per heavy atom. The van der Waals surface area contributed by atoms with E-state index in [-0.39, 0.29) is 54.0 Å². The number of thiocarbonyl (C=S) groups is 1.